The van der Waals surface area contributed by atoms with Crippen LogP contribution in [0.25, 0.3) is 0 Å². The molecule has 4 rings (SSSR count). The van der Waals surface area contributed by atoms with Crippen molar-refractivity contribution < 1.29 is 18.0 Å². The second-order valence-corrected chi connectivity index (χ2v) is 11.4. The van der Waals surface area contributed by atoms with Gasteiger partial charge in [0.15, 0.2) is 0 Å². The van der Waals surface area contributed by atoms with Gasteiger partial charge in [-0.05, 0) is 73.7 Å². The molecule has 1 fully saturated rings. The Morgan fingerprint density at radius 2 is 1.65 bits per heavy atom. The van der Waals surface area contributed by atoms with E-state index in [1.165, 1.54) is 0 Å². The minimum Gasteiger partial charge on any atom is -0.350 e. The van der Waals surface area contributed by atoms with Gasteiger partial charge in [-0.25, -0.2) is 8.42 Å². The minimum atomic E-state index is -3.98. The van der Waals surface area contributed by atoms with E-state index in [0.717, 1.165) is 45.1 Å². The highest BCUT2D eigenvalue weighted by Crippen LogP contribution is 2.26. The van der Waals surface area contributed by atoms with Crippen molar-refractivity contribution >= 4 is 27.5 Å². The molecule has 0 radical (unpaired) electrons. The van der Waals surface area contributed by atoms with Gasteiger partial charge in [-0.3, -0.25) is 13.9 Å². The first kappa shape index (κ1) is 26.4. The molecule has 194 valence electrons. The van der Waals surface area contributed by atoms with Crippen LogP contribution in [-0.4, -0.2) is 38.2 Å². The molecule has 0 unspecified atom stereocenters. The number of rotatable bonds is 9. The Hall–Kier alpha value is -3.65. The Bertz CT molecular complexity index is 1400. The molecular weight excluding hydrogens is 486 g/mol. The minimum absolute atomic E-state index is 0.129. The maximum atomic E-state index is 13.6. The Kier molecular flexibility index (Phi) is 7.97. The second kappa shape index (κ2) is 11.2. The summed E-state index contributed by atoms with van der Waals surface area (Å²) < 4.78 is 28.4. The van der Waals surface area contributed by atoms with Crippen LogP contribution in [0, 0.1) is 20.8 Å². The van der Waals surface area contributed by atoms with Crippen LogP contribution in [-0.2, 0) is 32.7 Å². The molecule has 7 nitrogen and oxygen atoms in total. The van der Waals surface area contributed by atoms with Crippen LogP contribution in [0.3, 0.4) is 0 Å². The molecule has 2 amide bonds. The van der Waals surface area contributed by atoms with Crippen LogP contribution in [0.2, 0.25) is 0 Å². The van der Waals surface area contributed by atoms with Crippen molar-refractivity contribution in [2.24, 2.45) is 0 Å². The van der Waals surface area contributed by atoms with Gasteiger partial charge in [0.2, 0.25) is 11.8 Å². The lowest BCUT2D eigenvalue weighted by Gasteiger charge is -2.25. The van der Waals surface area contributed by atoms with Gasteiger partial charge in [0.05, 0.1) is 10.6 Å². The average Bonchev–Trinajstić information content (AvgIpc) is 3.28. The van der Waals surface area contributed by atoms with Gasteiger partial charge in [-0.15, -0.1) is 0 Å². The largest absolute Gasteiger partial charge is 0.350 e. The number of carbonyl (C=O) groups is 2. The molecule has 0 aliphatic carbocycles. The highest BCUT2D eigenvalue weighted by Gasteiger charge is 2.28. The van der Waals surface area contributed by atoms with Crippen LogP contribution in [0.5, 0.6) is 0 Å². The van der Waals surface area contributed by atoms with E-state index in [1.807, 2.05) is 56.0 Å². The lowest BCUT2D eigenvalue weighted by molar-refractivity contribution is -0.128. The van der Waals surface area contributed by atoms with E-state index in [2.05, 4.69) is 5.32 Å². The smallest absolute Gasteiger partial charge is 0.264 e. The number of aryl methyl sites for hydroxylation is 3. The Morgan fingerprint density at radius 3 is 2.30 bits per heavy atom. The number of hydrogen-bond donors (Lipinski definition) is 1. The van der Waals surface area contributed by atoms with E-state index in [9.17, 15) is 18.0 Å². The van der Waals surface area contributed by atoms with Crippen molar-refractivity contribution in [3.63, 3.8) is 0 Å². The second-order valence-electron chi connectivity index (χ2n) is 9.56. The molecule has 1 N–H and O–H groups in total. The maximum Gasteiger partial charge on any atom is 0.264 e. The lowest BCUT2D eigenvalue weighted by Crippen LogP contribution is -2.40. The number of nitrogens with one attached hydrogen (secondary N) is 1. The first-order valence-electron chi connectivity index (χ1n) is 12.4. The van der Waals surface area contributed by atoms with Crippen molar-refractivity contribution in [1.82, 2.24) is 10.2 Å². The van der Waals surface area contributed by atoms with Crippen molar-refractivity contribution in [1.29, 1.82) is 0 Å². The molecule has 8 heteroatoms. The normalized spacial score (nSPS) is 13.6. The first-order chi connectivity index (χ1) is 17.6. The molecule has 0 bridgehead atoms. The number of anilines is 1. The predicted molar refractivity (Wildman–Crippen MR) is 145 cm³/mol. The monoisotopic (exact) mass is 519 g/mol. The van der Waals surface area contributed by atoms with Crippen LogP contribution < -0.4 is 9.62 Å². The summed E-state index contributed by atoms with van der Waals surface area (Å²) in [5.74, 6) is -0.273. The van der Waals surface area contributed by atoms with Crippen LogP contribution >= 0.6 is 0 Å². The fraction of sp³-hybridized carbons (Fsp3) is 0.310. The molecule has 1 saturated heterocycles. The molecule has 0 atom stereocenters. The fourth-order valence-corrected chi connectivity index (χ4v) is 5.79. The third-order valence-electron chi connectivity index (χ3n) is 6.80. The summed E-state index contributed by atoms with van der Waals surface area (Å²) in [7, 11) is -3.98. The zero-order valence-electron chi connectivity index (χ0n) is 21.5. The van der Waals surface area contributed by atoms with E-state index in [1.54, 1.807) is 36.4 Å². The Morgan fingerprint density at radius 1 is 0.946 bits per heavy atom. The highest BCUT2D eigenvalue weighted by molar-refractivity contribution is 7.92. The summed E-state index contributed by atoms with van der Waals surface area (Å²) in [5.41, 5.74) is 5.22. The van der Waals surface area contributed by atoms with Gasteiger partial charge < -0.3 is 10.2 Å². The van der Waals surface area contributed by atoms with Crippen molar-refractivity contribution in [2.45, 2.75) is 51.6 Å². The molecule has 0 spiro atoms. The van der Waals surface area contributed by atoms with Crippen molar-refractivity contribution in [2.75, 3.05) is 17.4 Å². The number of hydrogen-bond acceptors (Lipinski definition) is 4. The van der Waals surface area contributed by atoms with Gasteiger partial charge in [0.25, 0.3) is 10.0 Å². The fourth-order valence-electron chi connectivity index (χ4n) is 4.37. The Balaban J connectivity index is 1.54. The highest BCUT2D eigenvalue weighted by atomic mass is 32.2. The lowest BCUT2D eigenvalue weighted by atomic mass is 10.1. The molecule has 1 heterocycles. The van der Waals surface area contributed by atoms with Crippen molar-refractivity contribution in [3.05, 3.63) is 94.5 Å². The summed E-state index contributed by atoms with van der Waals surface area (Å²) in [6.45, 7) is 6.88. The van der Waals surface area contributed by atoms with E-state index in [0.29, 0.717) is 18.7 Å². The molecule has 3 aromatic carbocycles. The number of amides is 2. The van der Waals surface area contributed by atoms with Gasteiger partial charge >= 0.3 is 0 Å². The van der Waals surface area contributed by atoms with Gasteiger partial charge in [0, 0.05) is 26.1 Å². The summed E-state index contributed by atoms with van der Waals surface area (Å²) >= 11 is 0. The number of sulfonamides is 1. The summed E-state index contributed by atoms with van der Waals surface area (Å²) in [6.07, 6.45) is 1.43. The van der Waals surface area contributed by atoms with E-state index < -0.39 is 15.9 Å². The third-order valence-corrected chi connectivity index (χ3v) is 8.59. The summed E-state index contributed by atoms with van der Waals surface area (Å²) in [4.78, 5) is 27.1. The number of carbonyl (C=O) groups excluding carboxylic acids is 2. The predicted octanol–water partition coefficient (Wildman–Crippen LogP) is 4.25. The number of likely N-dealkylation sites (tertiary alicyclic amines) is 1. The molecule has 0 saturated carbocycles. The Labute approximate surface area is 219 Å². The van der Waals surface area contributed by atoms with Crippen LogP contribution in [0.1, 0.15) is 40.7 Å². The summed E-state index contributed by atoms with van der Waals surface area (Å²) in [6, 6.07) is 19.7. The zero-order chi connectivity index (χ0) is 26.6. The maximum absolute atomic E-state index is 13.6. The van der Waals surface area contributed by atoms with Gasteiger partial charge in [-0.1, -0.05) is 48.0 Å². The topological polar surface area (TPSA) is 86.8 Å². The number of nitrogens with zero attached hydrogens (tertiary/aromatic N) is 2. The first-order valence-corrected chi connectivity index (χ1v) is 13.9. The molecule has 0 aromatic heterocycles. The van der Waals surface area contributed by atoms with Crippen LogP contribution in [0.15, 0.2) is 71.6 Å². The summed E-state index contributed by atoms with van der Waals surface area (Å²) in [5, 5.41) is 2.89. The molecule has 37 heavy (non-hydrogen) atoms. The number of benzene rings is 3. The standard InChI is InChI=1S/C29H33N3O4S/c1-21-10-14-27(15-11-21)37(35,36)32(26-13-12-22(2)23(3)17-26)20-28(33)30-18-24-7-4-5-8-25(24)19-31-16-6-9-29(31)34/h4-5,7-8,10-15,17H,6,9,16,18-20H2,1-3H3,(H,30,33). The van der Waals surface area contributed by atoms with Gasteiger partial charge in [0.1, 0.15) is 6.54 Å². The van der Waals surface area contributed by atoms with E-state index >= 15 is 0 Å². The molecule has 3 aromatic rings. The van der Waals surface area contributed by atoms with E-state index in [4.69, 9.17) is 0 Å². The zero-order valence-corrected chi connectivity index (χ0v) is 22.3. The van der Waals surface area contributed by atoms with E-state index in [-0.39, 0.29) is 23.9 Å². The van der Waals surface area contributed by atoms with Gasteiger partial charge in [-0.2, -0.15) is 0 Å². The van der Waals surface area contributed by atoms with Crippen LogP contribution in [0.4, 0.5) is 5.69 Å². The molecular formula is C29H33N3O4S. The quantitative estimate of drug-likeness (QED) is 0.458. The third kappa shape index (κ3) is 6.20. The molecule has 1 aliphatic heterocycles. The van der Waals surface area contributed by atoms with Crippen molar-refractivity contribution in [3.8, 4) is 0 Å². The average molecular weight is 520 g/mol. The SMILES string of the molecule is Cc1ccc(S(=O)(=O)N(CC(=O)NCc2ccccc2CN2CCCC2=O)c2ccc(C)c(C)c2)cc1. The molecule has 1 aliphatic rings.